The number of carbonyl (C=O) groups is 2. The van der Waals surface area contributed by atoms with E-state index in [0.29, 0.717) is 43.4 Å². The summed E-state index contributed by atoms with van der Waals surface area (Å²) in [6.45, 7) is 2.03. The van der Waals surface area contributed by atoms with Gasteiger partial charge in [-0.15, -0.1) is 0 Å². The van der Waals surface area contributed by atoms with Crippen LogP contribution >= 0.6 is 0 Å². The molecule has 0 saturated carbocycles. The van der Waals surface area contributed by atoms with Crippen LogP contribution in [0.4, 0.5) is 5.69 Å². The monoisotopic (exact) mass is 444 g/mol. The first kappa shape index (κ1) is 23.1. The van der Waals surface area contributed by atoms with Crippen LogP contribution in [0.25, 0.3) is 0 Å². The van der Waals surface area contributed by atoms with Gasteiger partial charge in [-0.1, -0.05) is 12.1 Å². The normalized spacial score (nSPS) is 13.4. The quantitative estimate of drug-likeness (QED) is 0.573. The third-order valence-corrected chi connectivity index (χ3v) is 5.29. The van der Waals surface area contributed by atoms with Crippen molar-refractivity contribution < 1.29 is 33.3 Å². The molecule has 1 saturated heterocycles. The molecule has 1 fully saturated rings. The number of ether oxygens (including phenoxy) is 5. The molecule has 1 heterocycles. The number of carbonyl (C=O) groups excluding carboxylic acids is 2. The van der Waals surface area contributed by atoms with E-state index in [2.05, 4.69) is 4.90 Å². The van der Waals surface area contributed by atoms with Gasteiger partial charge in [0.15, 0.2) is 18.1 Å². The number of piperazine rings is 1. The molecule has 0 N–H and O–H groups in total. The number of benzene rings is 2. The molecule has 0 atom stereocenters. The van der Waals surface area contributed by atoms with Crippen LogP contribution in [0.5, 0.6) is 23.0 Å². The number of para-hydroxylation sites is 2. The Morgan fingerprint density at radius 2 is 1.41 bits per heavy atom. The molecule has 0 spiro atoms. The molecule has 9 nitrogen and oxygen atoms in total. The first-order valence-corrected chi connectivity index (χ1v) is 10.1. The summed E-state index contributed by atoms with van der Waals surface area (Å²) in [5.74, 6) is 0.938. The Labute approximate surface area is 187 Å². The zero-order valence-electron chi connectivity index (χ0n) is 18.8. The van der Waals surface area contributed by atoms with Crippen molar-refractivity contribution in [3.8, 4) is 23.0 Å². The summed E-state index contributed by atoms with van der Waals surface area (Å²) < 4.78 is 26.4. The summed E-state index contributed by atoms with van der Waals surface area (Å²) in [4.78, 5) is 29.0. The molecule has 0 aliphatic carbocycles. The van der Waals surface area contributed by atoms with Crippen molar-refractivity contribution in [1.29, 1.82) is 0 Å². The Morgan fingerprint density at radius 3 is 1.97 bits per heavy atom. The largest absolute Gasteiger partial charge is 0.495 e. The second-order valence-corrected chi connectivity index (χ2v) is 7.03. The molecule has 2 aromatic carbocycles. The molecule has 0 unspecified atom stereocenters. The van der Waals surface area contributed by atoms with E-state index in [1.165, 1.54) is 33.5 Å². The predicted molar refractivity (Wildman–Crippen MR) is 118 cm³/mol. The molecule has 9 heteroatoms. The summed E-state index contributed by atoms with van der Waals surface area (Å²) in [6.07, 6.45) is 0. The number of hydrogen-bond donors (Lipinski definition) is 0. The van der Waals surface area contributed by atoms with Gasteiger partial charge >= 0.3 is 5.97 Å². The van der Waals surface area contributed by atoms with Crippen LogP contribution in [-0.4, -0.2) is 78.0 Å². The molecular weight excluding hydrogens is 416 g/mol. The Hall–Kier alpha value is -3.62. The van der Waals surface area contributed by atoms with E-state index in [1.807, 2.05) is 24.3 Å². The lowest BCUT2D eigenvalue weighted by atomic mass is 10.2. The summed E-state index contributed by atoms with van der Waals surface area (Å²) >= 11 is 0. The Bertz CT molecular complexity index is 930. The van der Waals surface area contributed by atoms with Gasteiger partial charge < -0.3 is 33.5 Å². The fraction of sp³-hybridized carbons (Fsp3) is 0.391. The second kappa shape index (κ2) is 10.6. The summed E-state index contributed by atoms with van der Waals surface area (Å²) in [5.41, 5.74) is 1.20. The van der Waals surface area contributed by atoms with E-state index in [-0.39, 0.29) is 18.1 Å². The van der Waals surface area contributed by atoms with Gasteiger partial charge in [0.2, 0.25) is 5.75 Å². The van der Waals surface area contributed by atoms with E-state index in [1.54, 1.807) is 12.0 Å². The van der Waals surface area contributed by atoms with Crippen molar-refractivity contribution in [3.63, 3.8) is 0 Å². The van der Waals surface area contributed by atoms with Crippen molar-refractivity contribution in [2.75, 3.05) is 66.1 Å². The summed E-state index contributed by atoms with van der Waals surface area (Å²) in [5, 5.41) is 0. The van der Waals surface area contributed by atoms with Gasteiger partial charge in [0, 0.05) is 26.2 Å². The van der Waals surface area contributed by atoms with Crippen LogP contribution in [0, 0.1) is 0 Å². The van der Waals surface area contributed by atoms with Gasteiger partial charge in [-0.2, -0.15) is 0 Å². The van der Waals surface area contributed by atoms with Gasteiger partial charge in [0.05, 0.1) is 39.7 Å². The highest BCUT2D eigenvalue weighted by molar-refractivity contribution is 5.93. The molecule has 0 radical (unpaired) electrons. The van der Waals surface area contributed by atoms with Crippen LogP contribution < -0.4 is 23.8 Å². The van der Waals surface area contributed by atoms with Crippen LogP contribution in [0.3, 0.4) is 0 Å². The van der Waals surface area contributed by atoms with E-state index in [4.69, 9.17) is 23.7 Å². The standard InChI is InChI=1S/C23H28N2O7/c1-28-18-8-6-5-7-17(18)24-9-11-25(12-10-24)21(26)15-32-23(27)16-13-19(29-2)22(31-4)20(14-16)30-3/h5-8,13-14H,9-12,15H2,1-4H3. The predicted octanol–water partition coefficient (Wildman–Crippen LogP) is 2.23. The molecule has 1 aliphatic rings. The Morgan fingerprint density at radius 1 is 0.812 bits per heavy atom. The molecular formula is C23H28N2O7. The van der Waals surface area contributed by atoms with Gasteiger partial charge in [-0.3, -0.25) is 4.79 Å². The molecule has 2 aromatic rings. The number of nitrogens with zero attached hydrogens (tertiary/aromatic N) is 2. The lowest BCUT2D eigenvalue weighted by Crippen LogP contribution is -2.50. The molecule has 0 aromatic heterocycles. The average molecular weight is 444 g/mol. The zero-order valence-corrected chi connectivity index (χ0v) is 18.8. The van der Waals surface area contributed by atoms with Crippen LogP contribution in [-0.2, 0) is 9.53 Å². The van der Waals surface area contributed by atoms with E-state index < -0.39 is 5.97 Å². The number of anilines is 1. The van der Waals surface area contributed by atoms with Gasteiger partial charge in [-0.05, 0) is 24.3 Å². The third-order valence-electron chi connectivity index (χ3n) is 5.29. The molecule has 3 rings (SSSR count). The maximum Gasteiger partial charge on any atom is 0.338 e. The fourth-order valence-electron chi connectivity index (χ4n) is 3.59. The molecule has 1 aliphatic heterocycles. The Balaban J connectivity index is 1.57. The van der Waals surface area contributed by atoms with E-state index in [0.717, 1.165) is 11.4 Å². The highest BCUT2D eigenvalue weighted by atomic mass is 16.5. The first-order chi connectivity index (χ1) is 15.5. The maximum atomic E-state index is 12.6. The van der Waals surface area contributed by atoms with Crippen molar-refractivity contribution in [2.45, 2.75) is 0 Å². The first-order valence-electron chi connectivity index (χ1n) is 10.1. The van der Waals surface area contributed by atoms with Gasteiger partial charge in [0.25, 0.3) is 5.91 Å². The molecule has 1 amide bonds. The number of methoxy groups -OCH3 is 4. The lowest BCUT2D eigenvalue weighted by Gasteiger charge is -2.36. The topological polar surface area (TPSA) is 86.8 Å². The minimum Gasteiger partial charge on any atom is -0.495 e. The minimum atomic E-state index is -0.648. The lowest BCUT2D eigenvalue weighted by molar-refractivity contribution is -0.134. The van der Waals surface area contributed by atoms with E-state index in [9.17, 15) is 9.59 Å². The molecule has 0 bridgehead atoms. The maximum absolute atomic E-state index is 12.6. The highest BCUT2D eigenvalue weighted by Gasteiger charge is 2.24. The number of rotatable bonds is 8. The average Bonchev–Trinajstić information content (AvgIpc) is 2.85. The smallest absolute Gasteiger partial charge is 0.338 e. The van der Waals surface area contributed by atoms with Crippen LogP contribution in [0.2, 0.25) is 0 Å². The van der Waals surface area contributed by atoms with Crippen LogP contribution in [0.15, 0.2) is 36.4 Å². The Kier molecular flexibility index (Phi) is 7.64. The molecule has 172 valence electrons. The van der Waals surface area contributed by atoms with Crippen molar-refractivity contribution in [1.82, 2.24) is 4.90 Å². The number of amides is 1. The van der Waals surface area contributed by atoms with Gasteiger partial charge in [-0.25, -0.2) is 4.79 Å². The van der Waals surface area contributed by atoms with E-state index >= 15 is 0 Å². The number of esters is 1. The molecule has 32 heavy (non-hydrogen) atoms. The van der Waals surface area contributed by atoms with Crippen LogP contribution in [0.1, 0.15) is 10.4 Å². The number of hydrogen-bond acceptors (Lipinski definition) is 8. The summed E-state index contributed by atoms with van der Waals surface area (Å²) in [7, 11) is 6.03. The van der Waals surface area contributed by atoms with Crippen molar-refractivity contribution >= 4 is 17.6 Å². The fourth-order valence-corrected chi connectivity index (χ4v) is 3.59. The van der Waals surface area contributed by atoms with Crippen molar-refractivity contribution in [2.24, 2.45) is 0 Å². The highest BCUT2D eigenvalue weighted by Crippen LogP contribution is 2.38. The third kappa shape index (κ3) is 4.99. The SMILES string of the molecule is COc1ccccc1N1CCN(C(=O)COC(=O)c2cc(OC)c(OC)c(OC)c2)CC1. The zero-order chi connectivity index (χ0) is 23.1. The minimum absolute atomic E-state index is 0.202. The second-order valence-electron chi connectivity index (χ2n) is 7.03. The summed E-state index contributed by atoms with van der Waals surface area (Å²) in [6, 6.07) is 10.8. The van der Waals surface area contributed by atoms with Gasteiger partial charge in [0.1, 0.15) is 5.75 Å². The van der Waals surface area contributed by atoms with Crippen molar-refractivity contribution in [3.05, 3.63) is 42.0 Å².